The van der Waals surface area contributed by atoms with E-state index in [0.29, 0.717) is 5.92 Å². The minimum atomic E-state index is 0.703. The number of hydrogen-bond donors (Lipinski definition) is 0. The third kappa shape index (κ3) is 2.69. The lowest BCUT2D eigenvalue weighted by Crippen LogP contribution is -2.11. The van der Waals surface area contributed by atoms with Crippen LogP contribution >= 0.6 is 15.9 Å². The second kappa shape index (κ2) is 5.72. The first kappa shape index (κ1) is 13.9. The van der Waals surface area contributed by atoms with Crippen molar-refractivity contribution in [3.05, 3.63) is 40.1 Å². The number of halogens is 1. The van der Waals surface area contributed by atoms with Gasteiger partial charge in [-0.3, -0.25) is 0 Å². The number of fused-ring (bicyclic) bond motifs is 1. The van der Waals surface area contributed by atoms with Gasteiger partial charge in [-0.1, -0.05) is 38.1 Å². The van der Waals surface area contributed by atoms with Crippen molar-refractivity contribution >= 4 is 15.9 Å². The van der Waals surface area contributed by atoms with Crippen LogP contribution in [-0.2, 0) is 19.4 Å². The lowest BCUT2D eigenvalue weighted by atomic mass is 10.0. The van der Waals surface area contributed by atoms with Crippen LogP contribution in [-0.4, -0.2) is 9.55 Å². The van der Waals surface area contributed by atoms with Crippen LogP contribution in [0.5, 0.6) is 0 Å². The molecule has 0 saturated heterocycles. The van der Waals surface area contributed by atoms with Crippen molar-refractivity contribution in [1.82, 2.24) is 9.55 Å². The Morgan fingerprint density at radius 3 is 2.65 bits per heavy atom. The molecule has 20 heavy (non-hydrogen) atoms. The number of imidazole rings is 1. The third-order valence-electron chi connectivity index (χ3n) is 3.93. The molecule has 2 heterocycles. The Kier molecular flexibility index (Phi) is 3.97. The van der Waals surface area contributed by atoms with E-state index in [9.17, 15) is 0 Å². The highest BCUT2D eigenvalue weighted by Gasteiger charge is 2.19. The maximum absolute atomic E-state index is 4.73. The van der Waals surface area contributed by atoms with E-state index in [2.05, 4.69) is 58.6 Å². The Bertz CT molecular complexity index is 596. The molecule has 3 rings (SSSR count). The first-order valence-corrected chi connectivity index (χ1v) is 8.28. The molecule has 106 valence electrons. The van der Waals surface area contributed by atoms with Crippen LogP contribution in [0.3, 0.4) is 0 Å². The minimum Gasteiger partial charge on any atom is -0.327 e. The number of hydrogen-bond acceptors (Lipinski definition) is 1. The van der Waals surface area contributed by atoms with Crippen molar-refractivity contribution in [2.24, 2.45) is 5.92 Å². The van der Waals surface area contributed by atoms with E-state index in [1.54, 1.807) is 0 Å². The topological polar surface area (TPSA) is 17.8 Å². The Labute approximate surface area is 129 Å². The Balaban J connectivity index is 1.93. The molecule has 0 radical (unpaired) electrons. The molecule has 1 aromatic heterocycles. The van der Waals surface area contributed by atoms with E-state index in [4.69, 9.17) is 4.98 Å². The number of benzene rings is 1. The molecule has 1 aliphatic rings. The molecule has 0 saturated carbocycles. The predicted molar refractivity (Wildman–Crippen MR) is 86.8 cm³/mol. The van der Waals surface area contributed by atoms with Crippen molar-refractivity contribution in [3.63, 3.8) is 0 Å². The van der Waals surface area contributed by atoms with Gasteiger partial charge in [0.25, 0.3) is 0 Å². The Hall–Kier alpha value is -1.09. The smallest absolute Gasteiger partial charge is 0.141 e. The average molecular weight is 333 g/mol. The molecule has 0 aliphatic carbocycles. The van der Waals surface area contributed by atoms with Gasteiger partial charge >= 0.3 is 0 Å². The largest absolute Gasteiger partial charge is 0.327 e. The maximum atomic E-state index is 4.73. The molecule has 2 nitrogen and oxygen atoms in total. The zero-order valence-electron chi connectivity index (χ0n) is 12.2. The average Bonchev–Trinajstić information content (AvgIpc) is 2.77. The van der Waals surface area contributed by atoms with Crippen LogP contribution < -0.4 is 0 Å². The van der Waals surface area contributed by atoms with Crippen LogP contribution in [0.2, 0.25) is 0 Å². The molecule has 0 fully saturated rings. The Morgan fingerprint density at radius 1 is 1.20 bits per heavy atom. The first-order chi connectivity index (χ1) is 9.65. The van der Waals surface area contributed by atoms with Gasteiger partial charge in [0.05, 0.1) is 5.69 Å². The monoisotopic (exact) mass is 332 g/mol. The van der Waals surface area contributed by atoms with E-state index in [1.807, 2.05) is 0 Å². The lowest BCUT2D eigenvalue weighted by Gasteiger charge is -2.17. The second-order valence-electron chi connectivity index (χ2n) is 6.08. The highest BCUT2D eigenvalue weighted by molar-refractivity contribution is 9.10. The van der Waals surface area contributed by atoms with Crippen molar-refractivity contribution < 1.29 is 0 Å². The fraction of sp³-hybridized carbons (Fsp3) is 0.471. The molecule has 0 amide bonds. The molecule has 0 atom stereocenters. The SMILES string of the molecule is CC(C)Cc1ccc(-c2nc(Br)c3n2CCCC3)cc1. The van der Waals surface area contributed by atoms with Gasteiger partial charge in [0.15, 0.2) is 0 Å². The summed E-state index contributed by atoms with van der Waals surface area (Å²) >= 11 is 3.62. The molecule has 3 heteroatoms. The van der Waals surface area contributed by atoms with Gasteiger partial charge in [0, 0.05) is 12.1 Å². The minimum absolute atomic E-state index is 0.703. The fourth-order valence-electron chi connectivity index (χ4n) is 2.98. The molecule has 0 N–H and O–H groups in total. The van der Waals surface area contributed by atoms with Crippen LogP contribution in [0.1, 0.15) is 37.9 Å². The molecular weight excluding hydrogens is 312 g/mol. The zero-order valence-corrected chi connectivity index (χ0v) is 13.8. The molecule has 1 aliphatic heterocycles. The second-order valence-corrected chi connectivity index (χ2v) is 6.83. The van der Waals surface area contributed by atoms with E-state index in [0.717, 1.165) is 29.8 Å². The predicted octanol–water partition coefficient (Wildman–Crippen LogP) is 4.85. The third-order valence-corrected chi connectivity index (χ3v) is 4.56. The van der Waals surface area contributed by atoms with Gasteiger partial charge in [-0.15, -0.1) is 0 Å². The van der Waals surface area contributed by atoms with Crippen LogP contribution in [0.4, 0.5) is 0 Å². The standard InChI is InChI=1S/C17H21BrN2/c1-12(2)11-13-6-8-14(9-7-13)17-19-16(18)15-5-3-4-10-20(15)17/h6-9,12H,3-5,10-11H2,1-2H3. The number of nitrogens with zero attached hydrogens (tertiary/aromatic N) is 2. The Morgan fingerprint density at radius 2 is 1.95 bits per heavy atom. The van der Waals surface area contributed by atoms with E-state index in [1.165, 1.54) is 29.7 Å². The quantitative estimate of drug-likeness (QED) is 0.785. The van der Waals surface area contributed by atoms with Crippen molar-refractivity contribution in [1.29, 1.82) is 0 Å². The summed E-state index contributed by atoms with van der Waals surface area (Å²) in [7, 11) is 0. The summed E-state index contributed by atoms with van der Waals surface area (Å²) in [6, 6.07) is 8.92. The van der Waals surface area contributed by atoms with E-state index >= 15 is 0 Å². The summed E-state index contributed by atoms with van der Waals surface area (Å²) < 4.78 is 3.41. The molecule has 1 aromatic carbocycles. The van der Waals surface area contributed by atoms with Crippen LogP contribution in [0, 0.1) is 5.92 Å². The van der Waals surface area contributed by atoms with Crippen LogP contribution in [0.25, 0.3) is 11.4 Å². The van der Waals surface area contributed by atoms with Gasteiger partial charge in [0.2, 0.25) is 0 Å². The molecule has 2 aromatic rings. The van der Waals surface area contributed by atoms with E-state index in [-0.39, 0.29) is 0 Å². The summed E-state index contributed by atoms with van der Waals surface area (Å²) in [4.78, 5) is 4.73. The first-order valence-electron chi connectivity index (χ1n) is 7.49. The van der Waals surface area contributed by atoms with E-state index < -0.39 is 0 Å². The summed E-state index contributed by atoms with van der Waals surface area (Å²) in [5.41, 5.74) is 4.00. The summed E-state index contributed by atoms with van der Waals surface area (Å²) in [6.45, 7) is 5.61. The highest BCUT2D eigenvalue weighted by atomic mass is 79.9. The van der Waals surface area contributed by atoms with Crippen molar-refractivity contribution in [3.8, 4) is 11.4 Å². The lowest BCUT2D eigenvalue weighted by molar-refractivity contribution is 0.535. The van der Waals surface area contributed by atoms with Gasteiger partial charge in [-0.25, -0.2) is 4.98 Å². The van der Waals surface area contributed by atoms with Gasteiger partial charge in [-0.2, -0.15) is 0 Å². The molecule has 0 unspecified atom stereocenters. The van der Waals surface area contributed by atoms with Gasteiger partial charge in [0.1, 0.15) is 10.4 Å². The fourth-order valence-corrected chi connectivity index (χ4v) is 3.56. The highest BCUT2D eigenvalue weighted by Crippen LogP contribution is 2.30. The summed E-state index contributed by atoms with van der Waals surface area (Å²) in [6.07, 6.45) is 4.81. The normalized spacial score (nSPS) is 14.6. The number of aromatic nitrogens is 2. The zero-order chi connectivity index (χ0) is 14.1. The summed E-state index contributed by atoms with van der Waals surface area (Å²) in [5.74, 6) is 1.82. The molecular formula is C17H21BrN2. The van der Waals surface area contributed by atoms with Crippen molar-refractivity contribution in [2.45, 2.75) is 46.1 Å². The van der Waals surface area contributed by atoms with Gasteiger partial charge < -0.3 is 4.57 Å². The molecule has 0 bridgehead atoms. The van der Waals surface area contributed by atoms with Gasteiger partial charge in [-0.05, 0) is 53.1 Å². The maximum Gasteiger partial charge on any atom is 0.141 e. The summed E-state index contributed by atoms with van der Waals surface area (Å²) in [5, 5.41) is 0. The van der Waals surface area contributed by atoms with Crippen LogP contribution in [0.15, 0.2) is 28.9 Å². The number of rotatable bonds is 3. The molecule has 0 spiro atoms. The van der Waals surface area contributed by atoms with Crippen molar-refractivity contribution in [2.75, 3.05) is 0 Å².